The second kappa shape index (κ2) is 3.42. The highest BCUT2D eigenvalue weighted by molar-refractivity contribution is 7.89. The summed E-state index contributed by atoms with van der Waals surface area (Å²) in [6.45, 7) is 0. The summed E-state index contributed by atoms with van der Waals surface area (Å²) in [7, 11) is -4.15. The molecule has 3 nitrogen and oxygen atoms in total. The van der Waals surface area contributed by atoms with E-state index in [1.807, 2.05) is 0 Å². The minimum Gasteiger partial charge on any atom is -0.224 e. The largest absolute Gasteiger partial charge is 0.242 e. The Labute approximate surface area is 84.3 Å². The molecule has 2 N–H and O–H groups in total. The van der Waals surface area contributed by atoms with E-state index < -0.39 is 20.7 Å². The van der Waals surface area contributed by atoms with Crippen LogP contribution in [-0.2, 0) is 10.0 Å². The van der Waals surface area contributed by atoms with Crippen LogP contribution in [0.15, 0.2) is 17.0 Å². The fourth-order valence-corrected chi connectivity index (χ4v) is 2.25. The average Bonchev–Trinajstić information content (AvgIpc) is 1.78. The molecule has 0 aliphatic heterocycles. The van der Waals surface area contributed by atoms with Gasteiger partial charge in [0, 0.05) is 5.02 Å². The zero-order chi connectivity index (χ0) is 10.2. The van der Waals surface area contributed by atoms with Gasteiger partial charge in [0.05, 0.1) is 5.02 Å². The number of hydrogen-bond acceptors (Lipinski definition) is 2. The van der Waals surface area contributed by atoms with E-state index in [2.05, 4.69) is 0 Å². The van der Waals surface area contributed by atoms with Crippen LogP contribution in [0.5, 0.6) is 0 Å². The third-order valence-electron chi connectivity index (χ3n) is 1.25. The highest BCUT2D eigenvalue weighted by atomic mass is 35.5. The summed E-state index contributed by atoms with van der Waals surface area (Å²) in [6, 6.07) is 1.93. The van der Waals surface area contributed by atoms with Gasteiger partial charge in [-0.05, 0) is 12.1 Å². The van der Waals surface area contributed by atoms with E-state index >= 15 is 0 Å². The van der Waals surface area contributed by atoms with Crippen molar-refractivity contribution in [2.24, 2.45) is 5.14 Å². The first kappa shape index (κ1) is 10.7. The Morgan fingerprint density at radius 3 is 2.23 bits per heavy atom. The second-order valence-corrected chi connectivity index (χ2v) is 4.59. The van der Waals surface area contributed by atoms with Crippen molar-refractivity contribution in [1.82, 2.24) is 0 Å². The van der Waals surface area contributed by atoms with Crippen LogP contribution in [0.4, 0.5) is 4.39 Å². The topological polar surface area (TPSA) is 60.2 Å². The molecule has 1 rings (SSSR count). The quantitative estimate of drug-likeness (QED) is 0.818. The van der Waals surface area contributed by atoms with Crippen molar-refractivity contribution in [1.29, 1.82) is 0 Å². The van der Waals surface area contributed by atoms with E-state index in [4.69, 9.17) is 28.3 Å². The Kier molecular flexibility index (Phi) is 2.82. The maximum absolute atomic E-state index is 13.0. The van der Waals surface area contributed by atoms with Crippen LogP contribution in [0.2, 0.25) is 10.0 Å². The third-order valence-corrected chi connectivity index (χ3v) is 2.86. The Morgan fingerprint density at radius 2 is 1.85 bits per heavy atom. The molecule has 0 amide bonds. The zero-order valence-electron chi connectivity index (χ0n) is 6.09. The van der Waals surface area contributed by atoms with Gasteiger partial charge in [0.1, 0.15) is 10.7 Å². The molecule has 0 fully saturated rings. The summed E-state index contributed by atoms with van der Waals surface area (Å²) in [6.07, 6.45) is 0. The van der Waals surface area contributed by atoms with Gasteiger partial charge in [0.2, 0.25) is 10.0 Å². The summed E-state index contributed by atoms with van der Waals surface area (Å²) in [5, 5.41) is 4.40. The molecule has 0 unspecified atom stereocenters. The highest BCUT2D eigenvalue weighted by Crippen LogP contribution is 2.27. The van der Waals surface area contributed by atoms with Crippen LogP contribution in [-0.4, -0.2) is 8.42 Å². The van der Waals surface area contributed by atoms with Gasteiger partial charge >= 0.3 is 0 Å². The lowest BCUT2D eigenvalue weighted by Crippen LogP contribution is -2.14. The number of nitrogens with two attached hydrogens (primary N) is 1. The molecule has 72 valence electrons. The van der Waals surface area contributed by atoms with Crippen molar-refractivity contribution < 1.29 is 12.8 Å². The molecule has 0 spiro atoms. The highest BCUT2D eigenvalue weighted by Gasteiger charge is 2.19. The van der Waals surface area contributed by atoms with Gasteiger partial charge in [-0.3, -0.25) is 0 Å². The summed E-state index contributed by atoms with van der Waals surface area (Å²) in [4.78, 5) is -0.737. The first-order chi connectivity index (χ1) is 5.82. The van der Waals surface area contributed by atoms with Crippen molar-refractivity contribution in [2.45, 2.75) is 4.90 Å². The molecule has 0 aliphatic rings. The van der Waals surface area contributed by atoms with Crippen molar-refractivity contribution in [2.75, 3.05) is 0 Å². The van der Waals surface area contributed by atoms with Gasteiger partial charge in [-0.1, -0.05) is 23.2 Å². The zero-order valence-corrected chi connectivity index (χ0v) is 8.42. The van der Waals surface area contributed by atoms with Gasteiger partial charge in [-0.15, -0.1) is 0 Å². The van der Waals surface area contributed by atoms with E-state index in [9.17, 15) is 12.8 Å². The average molecular weight is 244 g/mol. The Morgan fingerprint density at radius 1 is 1.31 bits per heavy atom. The maximum atomic E-state index is 13.0. The van der Waals surface area contributed by atoms with Crippen molar-refractivity contribution in [3.8, 4) is 0 Å². The minimum absolute atomic E-state index is 0.00917. The smallest absolute Gasteiger partial charge is 0.224 e. The molecule has 7 heteroatoms. The molecule has 0 radical (unpaired) electrons. The molecule has 1 aromatic rings. The number of rotatable bonds is 1. The maximum Gasteiger partial charge on any atom is 0.242 e. The van der Waals surface area contributed by atoms with E-state index in [-0.39, 0.29) is 10.0 Å². The molecular formula is C6H4Cl2FNO2S. The number of hydrogen-bond donors (Lipinski definition) is 1. The minimum atomic E-state index is -4.15. The summed E-state index contributed by atoms with van der Waals surface area (Å²) < 4.78 is 34.6. The molecule has 0 bridgehead atoms. The second-order valence-electron chi connectivity index (χ2n) is 2.24. The predicted molar refractivity (Wildman–Crippen MR) is 47.8 cm³/mol. The van der Waals surface area contributed by atoms with E-state index in [0.717, 1.165) is 12.1 Å². The molecular weight excluding hydrogens is 240 g/mol. The molecule has 0 saturated heterocycles. The van der Waals surface area contributed by atoms with Gasteiger partial charge in [-0.25, -0.2) is 17.9 Å². The fourth-order valence-electron chi connectivity index (χ4n) is 0.801. The lowest BCUT2D eigenvalue weighted by Gasteiger charge is -2.02. The fraction of sp³-hybridized carbons (Fsp3) is 0. The van der Waals surface area contributed by atoms with Crippen LogP contribution in [0.1, 0.15) is 0 Å². The molecule has 0 aliphatic carbocycles. The summed E-state index contributed by atoms with van der Waals surface area (Å²) in [5.74, 6) is -1.06. The van der Waals surface area contributed by atoms with Crippen LogP contribution in [0, 0.1) is 5.82 Å². The molecule has 1 aromatic carbocycles. The SMILES string of the molecule is NS(=O)(=O)c1c(F)cc(Cl)cc1Cl. The molecule has 0 atom stereocenters. The van der Waals surface area contributed by atoms with Crippen molar-refractivity contribution in [3.63, 3.8) is 0 Å². The van der Waals surface area contributed by atoms with E-state index in [1.54, 1.807) is 0 Å². The van der Waals surface area contributed by atoms with Crippen LogP contribution in [0.25, 0.3) is 0 Å². The monoisotopic (exact) mass is 243 g/mol. The van der Waals surface area contributed by atoms with Crippen LogP contribution in [0.3, 0.4) is 0 Å². The Bertz CT molecular complexity index is 423. The molecule has 0 aromatic heterocycles. The van der Waals surface area contributed by atoms with E-state index in [0.29, 0.717) is 0 Å². The number of sulfonamides is 1. The lowest BCUT2D eigenvalue weighted by atomic mass is 10.3. The standard InChI is InChI=1S/C6H4Cl2FNO2S/c7-3-1-4(8)6(5(9)2-3)13(10,11)12/h1-2H,(H2,10,11,12). The third kappa shape index (κ3) is 2.31. The number of halogens is 3. The number of benzene rings is 1. The van der Waals surface area contributed by atoms with Gasteiger partial charge in [0.15, 0.2) is 0 Å². The Hall–Kier alpha value is -0.360. The molecule has 0 heterocycles. The van der Waals surface area contributed by atoms with Crippen molar-refractivity contribution >= 4 is 33.2 Å². The predicted octanol–water partition coefficient (Wildman–Crippen LogP) is 1.78. The number of primary sulfonamides is 1. The summed E-state index contributed by atoms with van der Waals surface area (Å²) >= 11 is 10.8. The van der Waals surface area contributed by atoms with Crippen LogP contribution < -0.4 is 5.14 Å². The first-order valence-electron chi connectivity index (χ1n) is 2.99. The van der Waals surface area contributed by atoms with Crippen LogP contribution >= 0.6 is 23.2 Å². The van der Waals surface area contributed by atoms with Gasteiger partial charge in [0.25, 0.3) is 0 Å². The molecule has 0 saturated carbocycles. The normalized spacial score (nSPS) is 11.7. The molecule has 13 heavy (non-hydrogen) atoms. The van der Waals surface area contributed by atoms with E-state index in [1.165, 1.54) is 0 Å². The lowest BCUT2D eigenvalue weighted by molar-refractivity contribution is 0.568. The van der Waals surface area contributed by atoms with Crippen molar-refractivity contribution in [3.05, 3.63) is 28.0 Å². The van der Waals surface area contributed by atoms with Gasteiger partial charge in [-0.2, -0.15) is 0 Å². The summed E-state index contributed by atoms with van der Waals surface area (Å²) in [5.41, 5.74) is 0. The van der Waals surface area contributed by atoms with Gasteiger partial charge < -0.3 is 0 Å². The Balaban J connectivity index is 3.57. The first-order valence-corrected chi connectivity index (χ1v) is 5.30.